The summed E-state index contributed by atoms with van der Waals surface area (Å²) in [5.41, 5.74) is 8.72. The summed E-state index contributed by atoms with van der Waals surface area (Å²) in [6.07, 6.45) is 0. The van der Waals surface area contributed by atoms with E-state index in [4.69, 9.17) is 10.2 Å². The molecule has 0 bridgehead atoms. The zero-order chi connectivity index (χ0) is 14.7. The molecule has 1 aromatic heterocycles. The van der Waals surface area contributed by atoms with Gasteiger partial charge in [-0.25, -0.2) is 0 Å². The van der Waals surface area contributed by atoms with E-state index >= 15 is 0 Å². The summed E-state index contributed by atoms with van der Waals surface area (Å²) in [4.78, 5) is 2.24. The third kappa shape index (κ3) is 3.50. The van der Waals surface area contributed by atoms with Crippen molar-refractivity contribution >= 4 is 0 Å². The molecule has 0 saturated carbocycles. The molecule has 2 aromatic rings. The number of rotatable bonds is 5. The second kappa shape index (κ2) is 6.25. The molecule has 20 heavy (non-hydrogen) atoms. The maximum Gasteiger partial charge on any atom is 0.122 e. The van der Waals surface area contributed by atoms with Crippen LogP contribution in [-0.2, 0) is 6.54 Å². The second-order valence-electron chi connectivity index (χ2n) is 5.65. The molecule has 0 aliphatic heterocycles. The normalized spacial score (nSPS) is 14.5. The molecular formula is C17H24N2O. The molecule has 1 aromatic carbocycles. The molecule has 0 amide bonds. The average molecular weight is 272 g/mol. The molecule has 0 spiro atoms. The molecule has 3 heteroatoms. The molecule has 3 nitrogen and oxygen atoms in total. The van der Waals surface area contributed by atoms with Crippen molar-refractivity contribution in [1.82, 2.24) is 4.90 Å². The van der Waals surface area contributed by atoms with E-state index in [1.165, 1.54) is 11.1 Å². The third-order valence-corrected chi connectivity index (χ3v) is 3.58. The Bertz CT molecular complexity index is 542. The van der Waals surface area contributed by atoms with Gasteiger partial charge in [-0.1, -0.05) is 29.8 Å². The topological polar surface area (TPSA) is 42.4 Å². The van der Waals surface area contributed by atoms with Gasteiger partial charge in [-0.15, -0.1) is 0 Å². The lowest BCUT2D eigenvalue weighted by atomic mass is 10.1. The first-order chi connectivity index (χ1) is 9.47. The van der Waals surface area contributed by atoms with Crippen molar-refractivity contribution in [2.75, 3.05) is 7.05 Å². The van der Waals surface area contributed by atoms with Gasteiger partial charge in [0, 0.05) is 12.6 Å². The molecule has 0 aliphatic carbocycles. The van der Waals surface area contributed by atoms with E-state index < -0.39 is 0 Å². The summed E-state index contributed by atoms with van der Waals surface area (Å²) in [5, 5.41) is 0. The quantitative estimate of drug-likeness (QED) is 0.907. The van der Waals surface area contributed by atoms with Crippen molar-refractivity contribution < 1.29 is 4.42 Å². The molecule has 0 radical (unpaired) electrons. The molecule has 0 aliphatic rings. The lowest BCUT2D eigenvalue weighted by Crippen LogP contribution is -2.36. The van der Waals surface area contributed by atoms with E-state index in [-0.39, 0.29) is 12.1 Å². The van der Waals surface area contributed by atoms with E-state index in [1.54, 1.807) is 0 Å². The smallest absolute Gasteiger partial charge is 0.122 e. The Morgan fingerprint density at radius 2 is 1.75 bits per heavy atom. The van der Waals surface area contributed by atoms with Gasteiger partial charge in [0.15, 0.2) is 0 Å². The Morgan fingerprint density at radius 1 is 1.10 bits per heavy atom. The molecule has 2 unspecified atom stereocenters. The van der Waals surface area contributed by atoms with Crippen LogP contribution in [0.2, 0.25) is 0 Å². The van der Waals surface area contributed by atoms with E-state index in [2.05, 4.69) is 43.1 Å². The van der Waals surface area contributed by atoms with Crippen molar-refractivity contribution in [3.8, 4) is 0 Å². The minimum absolute atomic E-state index is 0.0102. The fraction of sp³-hybridized carbons (Fsp3) is 0.412. The van der Waals surface area contributed by atoms with Crippen molar-refractivity contribution in [2.45, 2.75) is 39.4 Å². The zero-order valence-corrected chi connectivity index (χ0v) is 12.8. The van der Waals surface area contributed by atoms with Gasteiger partial charge in [0.2, 0.25) is 0 Å². The maximum absolute atomic E-state index is 6.15. The van der Waals surface area contributed by atoms with Crippen LogP contribution in [0.5, 0.6) is 0 Å². The number of hydrogen-bond donors (Lipinski definition) is 1. The average Bonchev–Trinajstić information content (AvgIpc) is 2.78. The summed E-state index contributed by atoms with van der Waals surface area (Å²) >= 11 is 0. The zero-order valence-electron chi connectivity index (χ0n) is 12.8. The molecule has 2 N–H and O–H groups in total. The van der Waals surface area contributed by atoms with E-state index in [1.807, 2.05) is 26.0 Å². The summed E-state index contributed by atoms with van der Waals surface area (Å²) in [7, 11) is 2.09. The van der Waals surface area contributed by atoms with Crippen molar-refractivity contribution in [3.63, 3.8) is 0 Å². The van der Waals surface area contributed by atoms with Gasteiger partial charge in [0.05, 0.1) is 6.04 Å². The van der Waals surface area contributed by atoms with E-state index in [0.717, 1.165) is 18.1 Å². The van der Waals surface area contributed by atoms with Crippen LogP contribution >= 0.6 is 0 Å². The SMILES string of the molecule is Cc1ccc(CN(C)C(c2ccc(C)o2)C(C)N)cc1. The van der Waals surface area contributed by atoms with E-state index in [9.17, 15) is 0 Å². The fourth-order valence-corrected chi connectivity index (χ4v) is 2.57. The molecule has 2 atom stereocenters. The van der Waals surface area contributed by atoms with Crippen LogP contribution in [0.1, 0.15) is 35.6 Å². The highest BCUT2D eigenvalue weighted by molar-refractivity contribution is 5.21. The molecular weight excluding hydrogens is 248 g/mol. The molecule has 0 saturated heterocycles. The highest BCUT2D eigenvalue weighted by Gasteiger charge is 2.24. The van der Waals surface area contributed by atoms with Crippen LogP contribution in [0.15, 0.2) is 40.8 Å². The molecule has 108 valence electrons. The summed E-state index contributed by atoms with van der Waals surface area (Å²) in [6.45, 7) is 6.94. The standard InChI is InChI=1S/C17H24N2O/c1-12-5-8-15(9-6-12)11-19(4)17(14(3)18)16-10-7-13(2)20-16/h5-10,14,17H,11,18H2,1-4H3. The molecule has 0 fully saturated rings. The maximum atomic E-state index is 6.15. The number of aryl methyl sites for hydroxylation is 2. The minimum Gasteiger partial charge on any atom is -0.465 e. The van der Waals surface area contributed by atoms with Gasteiger partial charge >= 0.3 is 0 Å². The Balaban J connectivity index is 2.15. The van der Waals surface area contributed by atoms with Crippen molar-refractivity contribution in [1.29, 1.82) is 0 Å². The highest BCUT2D eigenvalue weighted by atomic mass is 16.3. The summed E-state index contributed by atoms with van der Waals surface area (Å²) in [6, 6.07) is 12.7. The lowest BCUT2D eigenvalue weighted by molar-refractivity contribution is 0.182. The Morgan fingerprint density at radius 3 is 2.25 bits per heavy atom. The van der Waals surface area contributed by atoms with Crippen molar-refractivity contribution in [3.05, 3.63) is 59.0 Å². The number of nitrogens with zero attached hydrogens (tertiary/aromatic N) is 1. The molecule has 2 rings (SSSR count). The number of likely N-dealkylation sites (N-methyl/N-ethyl adjacent to an activating group) is 1. The van der Waals surface area contributed by atoms with Gasteiger partial charge in [0.25, 0.3) is 0 Å². The predicted molar refractivity (Wildman–Crippen MR) is 82.5 cm³/mol. The van der Waals surface area contributed by atoms with Gasteiger partial charge < -0.3 is 10.2 Å². The molecule has 1 heterocycles. The Hall–Kier alpha value is -1.58. The first-order valence-corrected chi connectivity index (χ1v) is 7.05. The summed E-state index contributed by atoms with van der Waals surface area (Å²) < 4.78 is 5.76. The van der Waals surface area contributed by atoms with Crippen LogP contribution in [0.25, 0.3) is 0 Å². The van der Waals surface area contributed by atoms with Crippen LogP contribution in [0, 0.1) is 13.8 Å². The van der Waals surface area contributed by atoms with Crippen LogP contribution in [0.4, 0.5) is 0 Å². The van der Waals surface area contributed by atoms with Gasteiger partial charge in [-0.05, 0) is 45.5 Å². The highest BCUT2D eigenvalue weighted by Crippen LogP contribution is 2.25. The predicted octanol–water partition coefficient (Wildman–Crippen LogP) is 3.42. The Kier molecular flexibility index (Phi) is 4.63. The third-order valence-electron chi connectivity index (χ3n) is 3.58. The van der Waals surface area contributed by atoms with Crippen LogP contribution in [-0.4, -0.2) is 18.0 Å². The first kappa shape index (κ1) is 14.8. The second-order valence-corrected chi connectivity index (χ2v) is 5.65. The van der Waals surface area contributed by atoms with Gasteiger partial charge in [-0.2, -0.15) is 0 Å². The minimum atomic E-state index is 0.0102. The number of nitrogens with two attached hydrogens (primary N) is 1. The lowest BCUT2D eigenvalue weighted by Gasteiger charge is -2.29. The summed E-state index contributed by atoms with van der Waals surface area (Å²) in [5.74, 6) is 1.86. The largest absolute Gasteiger partial charge is 0.465 e. The van der Waals surface area contributed by atoms with Crippen LogP contribution in [0.3, 0.4) is 0 Å². The van der Waals surface area contributed by atoms with Crippen molar-refractivity contribution in [2.24, 2.45) is 5.73 Å². The Labute approximate surface area is 121 Å². The monoisotopic (exact) mass is 272 g/mol. The number of furan rings is 1. The van der Waals surface area contributed by atoms with Gasteiger partial charge in [0.1, 0.15) is 11.5 Å². The van der Waals surface area contributed by atoms with Gasteiger partial charge in [-0.3, -0.25) is 4.90 Å². The number of benzene rings is 1. The van der Waals surface area contributed by atoms with Crippen LogP contribution < -0.4 is 5.73 Å². The van der Waals surface area contributed by atoms with E-state index in [0.29, 0.717) is 0 Å². The fourth-order valence-electron chi connectivity index (χ4n) is 2.57. The first-order valence-electron chi connectivity index (χ1n) is 7.05. The number of hydrogen-bond acceptors (Lipinski definition) is 3.